The first kappa shape index (κ1) is 16.7. The van der Waals surface area contributed by atoms with Crippen LogP contribution in [0.5, 0.6) is 5.88 Å². The van der Waals surface area contributed by atoms with Crippen LogP contribution >= 0.6 is 22.9 Å². The first-order valence-electron chi connectivity index (χ1n) is 6.78. The Morgan fingerprint density at radius 1 is 1.50 bits per heavy atom. The average molecular weight is 341 g/mol. The average Bonchev–Trinajstić information content (AvgIpc) is 3.00. The van der Waals surface area contributed by atoms with Gasteiger partial charge in [-0.3, -0.25) is 4.79 Å². The number of hydrogen-bond acceptors (Lipinski definition) is 5. The minimum absolute atomic E-state index is 0.0839. The van der Waals surface area contributed by atoms with Gasteiger partial charge in [-0.25, -0.2) is 4.98 Å². The zero-order valence-electron chi connectivity index (χ0n) is 12.3. The summed E-state index contributed by atoms with van der Waals surface area (Å²) in [6, 6.07) is 6.75. The van der Waals surface area contributed by atoms with Gasteiger partial charge >= 0.3 is 0 Å². The molecule has 0 radical (unpaired) electrons. The first-order valence-corrected chi connectivity index (χ1v) is 8.03. The van der Waals surface area contributed by atoms with Crippen LogP contribution in [0.15, 0.2) is 29.6 Å². The quantitative estimate of drug-likeness (QED) is 0.793. The number of nitrogens with zero attached hydrogens (tertiary/aromatic N) is 1. The molecule has 2 aromatic heterocycles. The summed E-state index contributed by atoms with van der Waals surface area (Å²) in [4.78, 5) is 17.1. The molecule has 118 valence electrons. The molecular weight excluding hydrogens is 324 g/mol. The molecule has 2 heterocycles. The molecule has 0 aliphatic carbocycles. The highest BCUT2D eigenvalue weighted by Gasteiger charge is 2.26. The van der Waals surface area contributed by atoms with Crippen molar-refractivity contribution in [2.24, 2.45) is 0 Å². The van der Waals surface area contributed by atoms with E-state index < -0.39 is 5.60 Å². The number of aliphatic hydroxyl groups is 1. The molecule has 0 unspecified atom stereocenters. The second-order valence-corrected chi connectivity index (χ2v) is 6.19. The number of hydrogen-bond donors (Lipinski definition) is 2. The summed E-state index contributed by atoms with van der Waals surface area (Å²) in [6.07, 6.45) is 0. The van der Waals surface area contributed by atoms with E-state index in [1.807, 2.05) is 17.5 Å². The summed E-state index contributed by atoms with van der Waals surface area (Å²) in [5.74, 6) is -0.187. The van der Waals surface area contributed by atoms with Crippen molar-refractivity contribution in [1.82, 2.24) is 10.3 Å². The van der Waals surface area contributed by atoms with E-state index in [0.29, 0.717) is 6.61 Å². The lowest BCUT2D eigenvalue weighted by molar-refractivity contribution is 0.0555. The van der Waals surface area contributed by atoms with Crippen LogP contribution < -0.4 is 10.1 Å². The van der Waals surface area contributed by atoms with Gasteiger partial charge in [-0.1, -0.05) is 17.7 Å². The Hall–Kier alpha value is -1.63. The van der Waals surface area contributed by atoms with Gasteiger partial charge in [-0.2, -0.15) is 0 Å². The molecule has 2 N–H and O–H groups in total. The summed E-state index contributed by atoms with van der Waals surface area (Å²) in [6.45, 7) is 3.91. The lowest BCUT2D eigenvalue weighted by Gasteiger charge is -2.22. The zero-order chi connectivity index (χ0) is 16.2. The van der Waals surface area contributed by atoms with Crippen molar-refractivity contribution in [3.63, 3.8) is 0 Å². The van der Waals surface area contributed by atoms with Crippen LogP contribution in [-0.4, -0.2) is 29.1 Å². The zero-order valence-corrected chi connectivity index (χ0v) is 13.9. The van der Waals surface area contributed by atoms with E-state index in [0.717, 1.165) is 4.88 Å². The summed E-state index contributed by atoms with van der Waals surface area (Å²) in [7, 11) is 0. The number of rotatable bonds is 6. The number of carbonyl (C=O) groups is 1. The molecule has 0 bridgehead atoms. The molecule has 2 rings (SSSR count). The van der Waals surface area contributed by atoms with Crippen LogP contribution in [0.4, 0.5) is 0 Å². The number of aromatic nitrogens is 1. The predicted molar refractivity (Wildman–Crippen MR) is 86.6 cm³/mol. The van der Waals surface area contributed by atoms with Gasteiger partial charge in [-0.15, -0.1) is 11.3 Å². The molecule has 0 saturated heterocycles. The molecule has 2 aromatic rings. The molecule has 0 aliphatic heterocycles. The molecular formula is C15H17ClN2O3S. The number of pyridine rings is 1. The Kier molecular flexibility index (Phi) is 5.39. The van der Waals surface area contributed by atoms with Crippen LogP contribution in [0.1, 0.15) is 29.1 Å². The minimum atomic E-state index is -1.13. The fourth-order valence-electron chi connectivity index (χ4n) is 1.86. The topological polar surface area (TPSA) is 71.5 Å². The Bertz CT molecular complexity index is 644. The number of carbonyl (C=O) groups excluding carboxylic acids is 1. The second kappa shape index (κ2) is 7.09. The molecule has 0 saturated carbocycles. The Balaban J connectivity index is 2.10. The number of halogens is 1. The Labute approximate surface area is 137 Å². The fourth-order valence-corrected chi connectivity index (χ4v) is 2.78. The molecule has 0 spiro atoms. The van der Waals surface area contributed by atoms with E-state index in [1.54, 1.807) is 19.9 Å². The normalized spacial score (nSPS) is 13.5. The summed E-state index contributed by atoms with van der Waals surface area (Å²) < 4.78 is 5.33. The third-order valence-electron chi connectivity index (χ3n) is 3.00. The maximum Gasteiger partial charge on any atom is 0.256 e. The standard InChI is InChI=1S/C15H17ClN2O3S/c1-3-21-14-10(6-7-12(16)18-14)13(19)17-9-15(2,20)11-5-4-8-22-11/h4-8,20H,3,9H2,1-2H3,(H,17,19)/t15-/m0/s1. The van der Waals surface area contributed by atoms with E-state index in [4.69, 9.17) is 16.3 Å². The van der Waals surface area contributed by atoms with Crippen LogP contribution in [0.2, 0.25) is 5.15 Å². The van der Waals surface area contributed by atoms with E-state index in [9.17, 15) is 9.90 Å². The van der Waals surface area contributed by atoms with Crippen molar-refractivity contribution in [2.45, 2.75) is 19.4 Å². The van der Waals surface area contributed by atoms with Crippen molar-refractivity contribution in [3.05, 3.63) is 45.2 Å². The van der Waals surface area contributed by atoms with Crippen molar-refractivity contribution in [2.75, 3.05) is 13.2 Å². The van der Waals surface area contributed by atoms with Crippen molar-refractivity contribution in [3.8, 4) is 5.88 Å². The molecule has 0 aliphatic rings. The van der Waals surface area contributed by atoms with Gasteiger partial charge in [0.2, 0.25) is 5.88 Å². The SMILES string of the molecule is CCOc1nc(Cl)ccc1C(=O)NC[C@](C)(O)c1cccs1. The van der Waals surface area contributed by atoms with Gasteiger partial charge in [0.25, 0.3) is 5.91 Å². The number of amides is 1. The van der Waals surface area contributed by atoms with Crippen LogP contribution in [-0.2, 0) is 5.60 Å². The summed E-state index contributed by atoms with van der Waals surface area (Å²) >= 11 is 7.25. The number of nitrogens with one attached hydrogen (secondary N) is 1. The first-order chi connectivity index (χ1) is 10.4. The van der Waals surface area contributed by atoms with Crippen LogP contribution in [0, 0.1) is 0 Å². The Morgan fingerprint density at radius 3 is 2.91 bits per heavy atom. The lowest BCUT2D eigenvalue weighted by Crippen LogP contribution is -2.38. The van der Waals surface area contributed by atoms with E-state index in [1.165, 1.54) is 17.4 Å². The van der Waals surface area contributed by atoms with Crippen molar-refractivity contribution in [1.29, 1.82) is 0 Å². The van der Waals surface area contributed by atoms with Crippen molar-refractivity contribution < 1.29 is 14.6 Å². The van der Waals surface area contributed by atoms with E-state index in [-0.39, 0.29) is 29.0 Å². The highest BCUT2D eigenvalue weighted by molar-refractivity contribution is 7.10. The molecule has 1 atom stereocenters. The van der Waals surface area contributed by atoms with Gasteiger partial charge in [0.1, 0.15) is 16.3 Å². The highest BCUT2D eigenvalue weighted by atomic mass is 35.5. The van der Waals surface area contributed by atoms with Crippen LogP contribution in [0.25, 0.3) is 0 Å². The number of ether oxygens (including phenoxy) is 1. The lowest BCUT2D eigenvalue weighted by atomic mass is 10.1. The second-order valence-electron chi connectivity index (χ2n) is 4.85. The predicted octanol–water partition coefficient (Wildman–Crippen LogP) is 2.83. The van der Waals surface area contributed by atoms with Gasteiger partial charge in [0.05, 0.1) is 13.2 Å². The molecule has 0 fully saturated rings. The largest absolute Gasteiger partial charge is 0.477 e. The third kappa shape index (κ3) is 3.97. The molecule has 1 amide bonds. The van der Waals surface area contributed by atoms with E-state index in [2.05, 4.69) is 10.3 Å². The molecule has 7 heteroatoms. The monoisotopic (exact) mass is 340 g/mol. The van der Waals surface area contributed by atoms with Gasteiger partial charge in [-0.05, 0) is 37.4 Å². The van der Waals surface area contributed by atoms with Gasteiger partial charge in [0, 0.05) is 4.88 Å². The smallest absolute Gasteiger partial charge is 0.256 e. The Morgan fingerprint density at radius 2 is 2.27 bits per heavy atom. The maximum absolute atomic E-state index is 12.3. The maximum atomic E-state index is 12.3. The summed E-state index contributed by atoms with van der Waals surface area (Å²) in [5, 5.41) is 15.2. The molecule has 22 heavy (non-hydrogen) atoms. The molecule has 5 nitrogen and oxygen atoms in total. The van der Waals surface area contributed by atoms with Crippen LogP contribution in [0.3, 0.4) is 0 Å². The van der Waals surface area contributed by atoms with Crippen molar-refractivity contribution >= 4 is 28.8 Å². The van der Waals surface area contributed by atoms with Gasteiger partial charge in [0.15, 0.2) is 0 Å². The third-order valence-corrected chi connectivity index (χ3v) is 4.33. The minimum Gasteiger partial charge on any atom is -0.477 e. The van der Waals surface area contributed by atoms with E-state index >= 15 is 0 Å². The summed E-state index contributed by atoms with van der Waals surface area (Å²) in [5.41, 5.74) is -0.844. The fraction of sp³-hybridized carbons (Fsp3) is 0.333. The molecule has 0 aromatic carbocycles. The number of thiophene rings is 1. The van der Waals surface area contributed by atoms with Gasteiger partial charge < -0.3 is 15.2 Å². The highest BCUT2D eigenvalue weighted by Crippen LogP contribution is 2.25.